The molecule has 58 valence electrons. The monoisotopic (exact) mass is 138 g/mol. The Morgan fingerprint density at radius 1 is 1.60 bits per heavy atom. The summed E-state index contributed by atoms with van der Waals surface area (Å²) in [6.45, 7) is 6.12. The summed E-state index contributed by atoms with van der Waals surface area (Å²) in [5, 5.41) is 0. The lowest BCUT2D eigenvalue weighted by Gasteiger charge is -1.99. The van der Waals surface area contributed by atoms with Crippen molar-refractivity contribution in [2.45, 2.75) is 39.0 Å². The zero-order chi connectivity index (χ0) is 7.82. The second kappa shape index (κ2) is 6.42. The van der Waals surface area contributed by atoms with Gasteiger partial charge >= 0.3 is 0 Å². The van der Waals surface area contributed by atoms with Crippen LogP contribution in [-0.4, -0.2) is 0 Å². The summed E-state index contributed by atoms with van der Waals surface area (Å²) in [6.07, 6.45) is 10.6. The molecule has 0 aliphatic rings. The highest BCUT2D eigenvalue weighted by Crippen LogP contribution is 2.09. The first-order valence-corrected chi connectivity index (χ1v) is 3.91. The summed E-state index contributed by atoms with van der Waals surface area (Å²) in [6, 6.07) is 0. The first-order valence-electron chi connectivity index (χ1n) is 3.91. The van der Waals surface area contributed by atoms with E-state index in [1.54, 1.807) is 0 Å². The molecule has 0 aliphatic heterocycles. The Labute approximate surface area is 65.8 Å². The topological polar surface area (TPSA) is 0 Å². The van der Waals surface area contributed by atoms with Crippen molar-refractivity contribution >= 4 is 0 Å². The molecule has 0 aromatic carbocycles. The third kappa shape index (κ3) is 5.44. The average Bonchev–Trinajstić information content (AvgIpc) is 1.97. The zero-order valence-electron chi connectivity index (χ0n) is 6.82. The van der Waals surface area contributed by atoms with Crippen molar-refractivity contribution in [3.05, 3.63) is 12.2 Å². The van der Waals surface area contributed by atoms with Crippen LogP contribution in [0.3, 0.4) is 0 Å². The SMILES string of the molecule is C#CCCC(=C)CCCC.[HH]. The van der Waals surface area contributed by atoms with Gasteiger partial charge in [0.25, 0.3) is 0 Å². The smallest absolute Gasteiger partial charge is 0.0123 e. The van der Waals surface area contributed by atoms with Crippen molar-refractivity contribution in [3.63, 3.8) is 0 Å². The van der Waals surface area contributed by atoms with Gasteiger partial charge in [-0.1, -0.05) is 25.5 Å². The fraction of sp³-hybridized carbons (Fsp3) is 0.600. The summed E-state index contributed by atoms with van der Waals surface area (Å²) in [5.74, 6) is 2.61. The van der Waals surface area contributed by atoms with Crippen LogP contribution < -0.4 is 0 Å². The van der Waals surface area contributed by atoms with Crippen molar-refractivity contribution in [1.29, 1.82) is 0 Å². The average molecular weight is 138 g/mol. The molecule has 0 N–H and O–H groups in total. The van der Waals surface area contributed by atoms with Gasteiger partial charge in [0.2, 0.25) is 0 Å². The van der Waals surface area contributed by atoms with Crippen molar-refractivity contribution in [1.82, 2.24) is 0 Å². The van der Waals surface area contributed by atoms with E-state index in [2.05, 4.69) is 19.4 Å². The lowest BCUT2D eigenvalue weighted by atomic mass is 10.1. The van der Waals surface area contributed by atoms with Crippen LogP contribution in [0.5, 0.6) is 0 Å². The summed E-state index contributed by atoms with van der Waals surface area (Å²) >= 11 is 0. The largest absolute Gasteiger partial charge is 0.120 e. The highest BCUT2D eigenvalue weighted by Gasteiger charge is 1.91. The van der Waals surface area contributed by atoms with E-state index >= 15 is 0 Å². The van der Waals surface area contributed by atoms with Crippen LogP contribution in [0.4, 0.5) is 0 Å². The minimum absolute atomic E-state index is 0. The van der Waals surface area contributed by atoms with Crippen LogP contribution in [-0.2, 0) is 0 Å². The molecule has 0 aliphatic carbocycles. The van der Waals surface area contributed by atoms with E-state index in [1.165, 1.54) is 18.4 Å². The van der Waals surface area contributed by atoms with Gasteiger partial charge in [-0.25, -0.2) is 0 Å². The lowest BCUT2D eigenvalue weighted by Crippen LogP contribution is -1.80. The third-order valence-corrected chi connectivity index (χ3v) is 1.51. The third-order valence-electron chi connectivity index (χ3n) is 1.51. The first kappa shape index (κ1) is 9.30. The van der Waals surface area contributed by atoms with Crippen LogP contribution in [0.15, 0.2) is 12.2 Å². The van der Waals surface area contributed by atoms with E-state index in [0.29, 0.717) is 0 Å². The highest BCUT2D eigenvalue weighted by molar-refractivity contribution is 4.98. The molecule has 0 aromatic heterocycles. The first-order chi connectivity index (χ1) is 4.81. The second-order valence-corrected chi connectivity index (χ2v) is 2.56. The number of rotatable bonds is 5. The number of terminal acetylenes is 1. The van der Waals surface area contributed by atoms with E-state index in [1.807, 2.05) is 0 Å². The summed E-state index contributed by atoms with van der Waals surface area (Å²) in [4.78, 5) is 0. The Balaban J connectivity index is 0. The molecule has 0 saturated carbocycles. The molecule has 0 saturated heterocycles. The molecular weight excluding hydrogens is 120 g/mol. The van der Waals surface area contributed by atoms with E-state index in [9.17, 15) is 0 Å². The molecule has 0 radical (unpaired) electrons. The van der Waals surface area contributed by atoms with E-state index in [-0.39, 0.29) is 1.43 Å². The van der Waals surface area contributed by atoms with Gasteiger partial charge in [0.15, 0.2) is 0 Å². The fourth-order valence-electron chi connectivity index (χ4n) is 0.801. The van der Waals surface area contributed by atoms with Gasteiger partial charge in [0, 0.05) is 7.85 Å². The second-order valence-electron chi connectivity index (χ2n) is 2.56. The fourth-order valence-corrected chi connectivity index (χ4v) is 0.801. The van der Waals surface area contributed by atoms with Crippen LogP contribution in [0.25, 0.3) is 0 Å². The van der Waals surface area contributed by atoms with E-state index < -0.39 is 0 Å². The molecule has 0 rings (SSSR count). The molecule has 0 atom stereocenters. The van der Waals surface area contributed by atoms with Gasteiger partial charge < -0.3 is 0 Å². The van der Waals surface area contributed by atoms with Crippen molar-refractivity contribution < 1.29 is 1.43 Å². The van der Waals surface area contributed by atoms with Crippen molar-refractivity contribution in [2.75, 3.05) is 0 Å². The highest BCUT2D eigenvalue weighted by atomic mass is 14.0. The number of hydrogen-bond acceptors (Lipinski definition) is 0. The number of allylic oxidation sites excluding steroid dienone is 1. The predicted octanol–water partition coefficient (Wildman–Crippen LogP) is 3.39. The van der Waals surface area contributed by atoms with Gasteiger partial charge in [-0.2, -0.15) is 0 Å². The Hall–Kier alpha value is -0.700. The van der Waals surface area contributed by atoms with E-state index in [4.69, 9.17) is 6.42 Å². The minimum Gasteiger partial charge on any atom is -0.120 e. The molecule has 10 heavy (non-hydrogen) atoms. The van der Waals surface area contributed by atoms with Crippen molar-refractivity contribution in [2.24, 2.45) is 0 Å². The minimum atomic E-state index is 0. The molecule has 0 unspecified atom stereocenters. The zero-order valence-corrected chi connectivity index (χ0v) is 6.82. The van der Waals surface area contributed by atoms with E-state index in [0.717, 1.165) is 19.3 Å². The van der Waals surface area contributed by atoms with Gasteiger partial charge in [-0.05, 0) is 19.3 Å². The summed E-state index contributed by atoms with van der Waals surface area (Å²) in [5.41, 5.74) is 1.31. The number of unbranched alkanes of at least 4 members (excludes halogenated alkanes) is 1. The molecule has 0 spiro atoms. The Morgan fingerprint density at radius 3 is 2.80 bits per heavy atom. The Morgan fingerprint density at radius 2 is 2.30 bits per heavy atom. The Bertz CT molecular complexity index is 130. The van der Waals surface area contributed by atoms with Gasteiger partial charge in [0.1, 0.15) is 0 Å². The lowest BCUT2D eigenvalue weighted by molar-refractivity contribution is 0.759. The van der Waals surface area contributed by atoms with Gasteiger partial charge in [0.05, 0.1) is 0 Å². The molecule has 0 heteroatoms. The standard InChI is InChI=1S/C10H16.H2/c1-4-6-8-10(3)9-7-5-2;/h1H,3,5-9H2,2H3;1H. The predicted molar refractivity (Wildman–Crippen MR) is 48.8 cm³/mol. The van der Waals surface area contributed by atoms with Crippen LogP contribution >= 0.6 is 0 Å². The molecular formula is C10H18. The molecule has 0 heterocycles. The maximum absolute atomic E-state index is 5.11. The maximum atomic E-state index is 5.11. The Kier molecular flexibility index (Phi) is 5.97. The maximum Gasteiger partial charge on any atom is 0.0123 e. The normalized spacial score (nSPS) is 8.80. The van der Waals surface area contributed by atoms with Gasteiger partial charge in [-0.15, -0.1) is 12.3 Å². The molecule has 0 aromatic rings. The van der Waals surface area contributed by atoms with Crippen LogP contribution in [0.1, 0.15) is 40.5 Å². The molecule has 0 bridgehead atoms. The quantitative estimate of drug-likeness (QED) is 0.403. The summed E-state index contributed by atoms with van der Waals surface area (Å²) in [7, 11) is 0. The van der Waals surface area contributed by atoms with Crippen LogP contribution in [0.2, 0.25) is 0 Å². The van der Waals surface area contributed by atoms with Crippen molar-refractivity contribution in [3.8, 4) is 12.3 Å². The van der Waals surface area contributed by atoms with Crippen LogP contribution in [0, 0.1) is 12.3 Å². The summed E-state index contributed by atoms with van der Waals surface area (Å²) < 4.78 is 0. The van der Waals surface area contributed by atoms with Gasteiger partial charge in [-0.3, -0.25) is 0 Å². The molecule has 0 fully saturated rings. The molecule has 0 nitrogen and oxygen atoms in total. The number of hydrogen-bond donors (Lipinski definition) is 0. The molecule has 0 amide bonds.